The maximum absolute atomic E-state index is 6.25. The van der Waals surface area contributed by atoms with Crippen LogP contribution in [0, 0.1) is 11.8 Å². The van der Waals surface area contributed by atoms with Crippen LogP contribution in [0.4, 0.5) is 0 Å². The molecule has 3 heteroatoms. The Morgan fingerprint density at radius 2 is 2.06 bits per heavy atom. The molecule has 1 saturated carbocycles. The molecule has 0 aromatic carbocycles. The van der Waals surface area contributed by atoms with E-state index in [1.165, 1.54) is 37.0 Å². The number of rotatable bonds is 4. The summed E-state index contributed by atoms with van der Waals surface area (Å²) in [5, 5.41) is 2.12. The summed E-state index contributed by atoms with van der Waals surface area (Å²) in [6, 6.07) is 4.52. The quantitative estimate of drug-likeness (QED) is 0.636. The molecule has 18 heavy (non-hydrogen) atoms. The van der Waals surface area contributed by atoms with Crippen LogP contribution in [0.25, 0.3) is 0 Å². The third-order valence-electron chi connectivity index (χ3n) is 3.78. The van der Waals surface area contributed by atoms with Crippen molar-refractivity contribution in [1.82, 2.24) is 0 Å². The zero-order valence-corrected chi connectivity index (χ0v) is 12.2. The molecule has 1 aromatic heterocycles. The molecule has 2 rings (SSSR count). The first-order chi connectivity index (χ1) is 8.68. The Morgan fingerprint density at radius 3 is 2.61 bits per heavy atom. The van der Waals surface area contributed by atoms with Gasteiger partial charge in [-0.25, -0.2) is 0 Å². The van der Waals surface area contributed by atoms with E-state index in [0.717, 1.165) is 5.84 Å². The van der Waals surface area contributed by atoms with Gasteiger partial charge in [0.15, 0.2) is 0 Å². The summed E-state index contributed by atoms with van der Waals surface area (Å²) in [5.74, 6) is 1.92. The van der Waals surface area contributed by atoms with Gasteiger partial charge in [-0.15, -0.1) is 11.3 Å². The monoisotopic (exact) mass is 264 g/mol. The third kappa shape index (κ3) is 3.35. The van der Waals surface area contributed by atoms with E-state index in [0.29, 0.717) is 11.8 Å². The first kappa shape index (κ1) is 13.6. The largest absolute Gasteiger partial charge is 0.387 e. The fourth-order valence-electron chi connectivity index (χ4n) is 2.67. The lowest BCUT2D eigenvalue weighted by atomic mass is 9.88. The Kier molecular flexibility index (Phi) is 4.81. The van der Waals surface area contributed by atoms with Crippen LogP contribution in [0.2, 0.25) is 0 Å². The Labute approximate surface area is 114 Å². The van der Waals surface area contributed by atoms with Crippen LogP contribution in [0.15, 0.2) is 22.5 Å². The van der Waals surface area contributed by atoms with Gasteiger partial charge in [-0.2, -0.15) is 0 Å². The number of amidine groups is 1. The van der Waals surface area contributed by atoms with Crippen LogP contribution < -0.4 is 5.73 Å². The maximum atomic E-state index is 6.25. The summed E-state index contributed by atoms with van der Waals surface area (Å²) in [6.45, 7) is 4.45. The first-order valence-electron chi connectivity index (χ1n) is 7.05. The van der Waals surface area contributed by atoms with Gasteiger partial charge in [0, 0.05) is 10.8 Å². The lowest BCUT2D eigenvalue weighted by molar-refractivity contribution is 0.431. The summed E-state index contributed by atoms with van der Waals surface area (Å²) in [4.78, 5) is 6.18. The number of hydrogen-bond acceptors (Lipinski definition) is 2. The van der Waals surface area contributed by atoms with Crippen molar-refractivity contribution in [1.29, 1.82) is 0 Å². The zero-order valence-electron chi connectivity index (χ0n) is 11.4. The van der Waals surface area contributed by atoms with Crippen molar-refractivity contribution in [2.24, 2.45) is 22.6 Å². The van der Waals surface area contributed by atoms with Crippen molar-refractivity contribution >= 4 is 17.2 Å². The van der Waals surface area contributed by atoms with Gasteiger partial charge in [0.25, 0.3) is 0 Å². The van der Waals surface area contributed by atoms with Crippen molar-refractivity contribution in [3.8, 4) is 0 Å². The Hall–Kier alpha value is -0.830. The van der Waals surface area contributed by atoms with Crippen LogP contribution in [0.1, 0.15) is 56.9 Å². The molecule has 1 aliphatic rings. The molecule has 1 atom stereocenters. The van der Waals surface area contributed by atoms with Crippen molar-refractivity contribution in [3.05, 3.63) is 22.4 Å². The highest BCUT2D eigenvalue weighted by atomic mass is 32.1. The van der Waals surface area contributed by atoms with Gasteiger partial charge in [0.2, 0.25) is 0 Å². The highest BCUT2D eigenvalue weighted by Crippen LogP contribution is 2.31. The summed E-state index contributed by atoms with van der Waals surface area (Å²) >= 11 is 1.79. The molecular formula is C15H24N2S. The lowest BCUT2D eigenvalue weighted by Gasteiger charge is -2.23. The molecule has 1 unspecified atom stereocenters. The third-order valence-corrected chi connectivity index (χ3v) is 4.72. The van der Waals surface area contributed by atoms with E-state index in [1.807, 2.05) is 0 Å². The maximum Gasteiger partial charge on any atom is 0.0976 e. The van der Waals surface area contributed by atoms with Crippen LogP contribution in [0.5, 0.6) is 0 Å². The second-order valence-corrected chi connectivity index (χ2v) is 6.57. The minimum atomic E-state index is 0.243. The van der Waals surface area contributed by atoms with Gasteiger partial charge in [0.1, 0.15) is 0 Å². The van der Waals surface area contributed by atoms with Crippen LogP contribution in [-0.2, 0) is 0 Å². The fraction of sp³-hybridized carbons (Fsp3) is 0.667. The van der Waals surface area contributed by atoms with E-state index in [9.17, 15) is 0 Å². The minimum Gasteiger partial charge on any atom is -0.387 e. The smallest absolute Gasteiger partial charge is 0.0976 e. The standard InChI is InChI=1S/C15H24N2S/c1-11(2)14(13-9-6-10-18-13)17-15(16)12-7-4-3-5-8-12/h6,9-12,14H,3-5,7-8H2,1-2H3,(H2,16,17). The lowest BCUT2D eigenvalue weighted by Crippen LogP contribution is -2.27. The average molecular weight is 264 g/mol. The van der Waals surface area contributed by atoms with Crippen molar-refractivity contribution in [2.45, 2.75) is 52.0 Å². The number of thiophene rings is 1. The minimum absolute atomic E-state index is 0.243. The van der Waals surface area contributed by atoms with Crippen LogP contribution in [0.3, 0.4) is 0 Å². The van der Waals surface area contributed by atoms with E-state index in [1.54, 1.807) is 11.3 Å². The molecule has 1 heterocycles. The molecule has 1 aromatic rings. The molecule has 0 bridgehead atoms. The second kappa shape index (κ2) is 6.37. The highest BCUT2D eigenvalue weighted by molar-refractivity contribution is 7.10. The van der Waals surface area contributed by atoms with Crippen LogP contribution in [-0.4, -0.2) is 5.84 Å². The second-order valence-electron chi connectivity index (χ2n) is 5.59. The van der Waals surface area contributed by atoms with Crippen LogP contribution >= 0.6 is 11.3 Å². The molecule has 2 N–H and O–H groups in total. The van der Waals surface area contributed by atoms with Gasteiger partial charge in [-0.05, 0) is 30.2 Å². The Balaban J connectivity index is 2.11. The van der Waals surface area contributed by atoms with Gasteiger partial charge in [-0.1, -0.05) is 39.2 Å². The number of hydrogen-bond donors (Lipinski definition) is 1. The normalized spacial score (nSPS) is 20.3. The molecule has 0 amide bonds. The molecule has 0 saturated heterocycles. The summed E-state index contributed by atoms with van der Waals surface area (Å²) < 4.78 is 0. The molecule has 2 nitrogen and oxygen atoms in total. The number of aliphatic imine (C=N–C) groups is 1. The van der Waals surface area contributed by atoms with Gasteiger partial charge >= 0.3 is 0 Å². The predicted molar refractivity (Wildman–Crippen MR) is 80.1 cm³/mol. The summed E-state index contributed by atoms with van der Waals surface area (Å²) in [7, 11) is 0. The molecular weight excluding hydrogens is 240 g/mol. The molecule has 0 radical (unpaired) electrons. The average Bonchev–Trinajstić information content (AvgIpc) is 2.90. The molecule has 0 aliphatic heterocycles. The van der Waals surface area contributed by atoms with E-state index in [2.05, 4.69) is 31.4 Å². The number of nitrogens with zero attached hydrogens (tertiary/aromatic N) is 1. The SMILES string of the molecule is CC(C)C(N=C(N)C1CCCCC1)c1cccs1. The van der Waals surface area contributed by atoms with Gasteiger partial charge in [-0.3, -0.25) is 4.99 Å². The summed E-state index contributed by atoms with van der Waals surface area (Å²) in [6.07, 6.45) is 6.44. The predicted octanol–water partition coefficient (Wildman–Crippen LogP) is 4.38. The summed E-state index contributed by atoms with van der Waals surface area (Å²) in [5.41, 5.74) is 6.25. The van der Waals surface area contributed by atoms with E-state index in [4.69, 9.17) is 10.7 Å². The molecule has 1 aliphatic carbocycles. The molecule has 0 spiro atoms. The van der Waals surface area contributed by atoms with Crippen molar-refractivity contribution < 1.29 is 0 Å². The topological polar surface area (TPSA) is 38.4 Å². The zero-order chi connectivity index (χ0) is 13.0. The molecule has 100 valence electrons. The van der Waals surface area contributed by atoms with E-state index >= 15 is 0 Å². The molecule has 1 fully saturated rings. The first-order valence-corrected chi connectivity index (χ1v) is 7.93. The van der Waals surface area contributed by atoms with E-state index in [-0.39, 0.29) is 6.04 Å². The van der Waals surface area contributed by atoms with Crippen molar-refractivity contribution in [2.75, 3.05) is 0 Å². The number of nitrogens with two attached hydrogens (primary N) is 1. The van der Waals surface area contributed by atoms with Crippen molar-refractivity contribution in [3.63, 3.8) is 0 Å². The van der Waals surface area contributed by atoms with E-state index < -0.39 is 0 Å². The Morgan fingerprint density at radius 1 is 1.33 bits per heavy atom. The highest BCUT2D eigenvalue weighted by Gasteiger charge is 2.21. The van der Waals surface area contributed by atoms with Gasteiger partial charge < -0.3 is 5.73 Å². The Bertz CT molecular complexity index is 375. The fourth-order valence-corrected chi connectivity index (χ4v) is 3.60. The van der Waals surface area contributed by atoms with Gasteiger partial charge in [0.05, 0.1) is 11.9 Å².